The summed E-state index contributed by atoms with van der Waals surface area (Å²) in [6, 6.07) is 10.0. The van der Waals surface area contributed by atoms with Crippen molar-refractivity contribution in [2.75, 3.05) is 7.11 Å². The van der Waals surface area contributed by atoms with E-state index in [0.29, 0.717) is 11.3 Å². The maximum atomic E-state index is 11.7. The van der Waals surface area contributed by atoms with E-state index in [1.54, 1.807) is 31.6 Å². The molecular formula is C15H14N3O2Y4-. The summed E-state index contributed by atoms with van der Waals surface area (Å²) in [7, 11) is 1.59. The van der Waals surface area contributed by atoms with Gasteiger partial charge in [-0.25, -0.2) is 5.10 Å². The summed E-state index contributed by atoms with van der Waals surface area (Å²) in [5.74, 6) is 0.372. The molecule has 1 aromatic carbocycles. The third kappa shape index (κ3) is 10.2. The van der Waals surface area contributed by atoms with E-state index in [1.165, 1.54) is 6.21 Å². The second-order valence-corrected chi connectivity index (χ2v) is 4.06. The van der Waals surface area contributed by atoms with Gasteiger partial charge in [-0.15, -0.1) is 17.7 Å². The predicted octanol–water partition coefficient (Wildman–Crippen LogP) is 1.95. The van der Waals surface area contributed by atoms with Gasteiger partial charge in [-0.05, 0) is 18.3 Å². The van der Waals surface area contributed by atoms with Crippen LogP contribution in [0, 0.1) is 13.0 Å². The molecule has 9 heteroatoms. The molecule has 0 aliphatic heterocycles. The number of hydrazone groups is 1. The first-order valence-electron chi connectivity index (χ1n) is 6.01. The maximum Gasteiger partial charge on any atom is 0.270 e. The van der Waals surface area contributed by atoms with Crippen molar-refractivity contribution in [3.63, 3.8) is 0 Å². The van der Waals surface area contributed by atoms with Gasteiger partial charge < -0.3 is 4.74 Å². The first kappa shape index (κ1) is 30.5. The van der Waals surface area contributed by atoms with Gasteiger partial charge in [0.1, 0.15) is 0 Å². The molecule has 0 aliphatic rings. The zero-order valence-corrected chi connectivity index (χ0v) is 24.9. The fourth-order valence-corrected chi connectivity index (χ4v) is 1.58. The topological polar surface area (TPSA) is 63.6 Å². The smallest absolute Gasteiger partial charge is 0.270 e. The van der Waals surface area contributed by atoms with Crippen molar-refractivity contribution >= 4 is 12.1 Å². The van der Waals surface area contributed by atoms with E-state index >= 15 is 0 Å². The molecule has 2 aromatic rings. The predicted molar refractivity (Wildman–Crippen MR) is 75.9 cm³/mol. The molecule has 24 heavy (non-hydrogen) atoms. The number of nitrogens with zero attached hydrogens (tertiary/aromatic N) is 2. The molecule has 0 aliphatic carbocycles. The van der Waals surface area contributed by atoms with Gasteiger partial charge in [0.25, 0.3) is 5.91 Å². The zero-order chi connectivity index (χ0) is 14.4. The maximum absolute atomic E-state index is 11.7. The average molecular weight is 624 g/mol. The number of amides is 1. The van der Waals surface area contributed by atoms with Crippen molar-refractivity contribution in [1.29, 1.82) is 0 Å². The van der Waals surface area contributed by atoms with Crippen LogP contribution in [0.1, 0.15) is 21.5 Å². The first-order valence-corrected chi connectivity index (χ1v) is 6.01. The van der Waals surface area contributed by atoms with Crippen molar-refractivity contribution in [1.82, 2.24) is 10.4 Å². The summed E-state index contributed by atoms with van der Waals surface area (Å²) < 4.78 is 5.17. The average Bonchev–Trinajstić information content (AvgIpc) is 2.49. The SMILES string of the molecule is COc1[c-]c(C=NNC(=O)c2ccncc2)ccc1C.[Y].[Y].[Y].[Y]. The van der Waals surface area contributed by atoms with Crippen LogP contribution in [0.4, 0.5) is 0 Å². The summed E-state index contributed by atoms with van der Waals surface area (Å²) in [6.07, 6.45) is 4.62. The van der Waals surface area contributed by atoms with Crippen molar-refractivity contribution in [2.45, 2.75) is 6.92 Å². The van der Waals surface area contributed by atoms with Gasteiger partial charge in [0.05, 0.1) is 7.11 Å². The van der Waals surface area contributed by atoms with E-state index in [4.69, 9.17) is 4.74 Å². The Morgan fingerprint density at radius 3 is 2.38 bits per heavy atom. The van der Waals surface area contributed by atoms with Crippen molar-refractivity contribution in [3.8, 4) is 5.75 Å². The summed E-state index contributed by atoms with van der Waals surface area (Å²) in [5, 5.41) is 3.89. The molecule has 0 atom stereocenters. The summed E-state index contributed by atoms with van der Waals surface area (Å²) in [4.78, 5) is 15.6. The quantitative estimate of drug-likeness (QED) is 0.322. The van der Waals surface area contributed by atoms with Gasteiger partial charge >= 0.3 is 0 Å². The Kier molecular flexibility index (Phi) is 21.4. The van der Waals surface area contributed by atoms with E-state index in [9.17, 15) is 4.79 Å². The zero-order valence-electron chi connectivity index (χ0n) is 13.6. The Morgan fingerprint density at radius 1 is 1.17 bits per heavy atom. The molecule has 0 bridgehead atoms. The van der Waals surface area contributed by atoms with E-state index in [0.717, 1.165) is 11.1 Å². The number of carbonyl (C=O) groups is 1. The van der Waals surface area contributed by atoms with Crippen molar-refractivity contribution in [2.24, 2.45) is 5.10 Å². The Hall–Kier alpha value is 1.73. The van der Waals surface area contributed by atoms with Crippen LogP contribution in [0.2, 0.25) is 0 Å². The molecule has 0 spiro atoms. The summed E-state index contributed by atoms with van der Waals surface area (Å²) in [5.41, 5.74) is 4.66. The molecule has 0 saturated carbocycles. The summed E-state index contributed by atoms with van der Waals surface area (Å²) >= 11 is 0. The van der Waals surface area contributed by atoms with Crippen LogP contribution < -0.4 is 10.2 Å². The Bertz CT molecular complexity index is 640. The molecule has 5 nitrogen and oxygen atoms in total. The van der Waals surface area contributed by atoms with Gasteiger partial charge in [0.2, 0.25) is 0 Å². The molecule has 114 valence electrons. The molecular weight excluding hydrogens is 610 g/mol. The normalized spacial score (nSPS) is 8.75. The third-order valence-corrected chi connectivity index (χ3v) is 2.65. The number of pyridine rings is 1. The van der Waals surface area contributed by atoms with Crippen LogP contribution in [-0.4, -0.2) is 24.2 Å². The molecule has 0 fully saturated rings. The van der Waals surface area contributed by atoms with E-state index in [1.807, 2.05) is 19.1 Å². The minimum absolute atomic E-state index is 0. The minimum atomic E-state index is -0.289. The van der Waals surface area contributed by atoms with Gasteiger partial charge in [-0.3, -0.25) is 15.2 Å². The second kappa shape index (κ2) is 16.9. The number of nitrogens with one attached hydrogen (secondary N) is 1. The monoisotopic (exact) mass is 624 g/mol. The largest absolute Gasteiger partial charge is 0.516 e. The number of carbonyl (C=O) groups excluding carboxylic acids is 1. The number of aromatic nitrogens is 1. The summed E-state index contributed by atoms with van der Waals surface area (Å²) in [6.45, 7) is 1.93. The molecule has 0 unspecified atom stereocenters. The number of hydrogen-bond acceptors (Lipinski definition) is 4. The Balaban J connectivity index is -0.00000110. The van der Waals surface area contributed by atoms with E-state index in [-0.39, 0.29) is 137 Å². The molecule has 0 saturated heterocycles. The van der Waals surface area contributed by atoms with E-state index in [2.05, 4.69) is 21.6 Å². The van der Waals surface area contributed by atoms with Gasteiger partial charge in [0, 0.05) is 155 Å². The Labute approximate surface area is 242 Å². The number of benzene rings is 1. The molecule has 2 rings (SSSR count). The molecule has 1 heterocycles. The fraction of sp³-hybridized carbons (Fsp3) is 0.133. The Morgan fingerprint density at radius 2 is 1.79 bits per heavy atom. The van der Waals surface area contributed by atoms with Crippen LogP contribution >= 0.6 is 0 Å². The number of aryl methyl sites for hydroxylation is 1. The van der Waals surface area contributed by atoms with Crippen LogP contribution in [0.15, 0.2) is 41.8 Å². The van der Waals surface area contributed by atoms with Gasteiger partial charge in [0.15, 0.2) is 0 Å². The second-order valence-electron chi connectivity index (χ2n) is 4.06. The molecule has 4 radical (unpaired) electrons. The number of ether oxygens (including phenoxy) is 1. The van der Waals surface area contributed by atoms with Crippen LogP contribution in [0.25, 0.3) is 0 Å². The van der Waals surface area contributed by atoms with Crippen molar-refractivity contribution in [3.05, 3.63) is 59.4 Å². The van der Waals surface area contributed by atoms with Crippen LogP contribution in [0.5, 0.6) is 5.75 Å². The van der Waals surface area contributed by atoms with Gasteiger partial charge in [-0.1, -0.05) is 18.6 Å². The van der Waals surface area contributed by atoms with Crippen LogP contribution in [0.3, 0.4) is 0 Å². The number of methoxy groups -OCH3 is 1. The standard InChI is InChI=1S/C15H14N3O2.4Y/c1-11-3-4-12(9-14(11)20-2)10-17-18-15(19)13-5-7-16-8-6-13;;;;/h3-8,10H,1-2H3,(H,18,19);;;;/q-1;;;;. The third-order valence-electron chi connectivity index (χ3n) is 2.65. The molecule has 1 N–H and O–H groups in total. The van der Waals surface area contributed by atoms with E-state index < -0.39 is 0 Å². The minimum Gasteiger partial charge on any atom is -0.516 e. The van der Waals surface area contributed by atoms with Gasteiger partial charge in [-0.2, -0.15) is 0 Å². The van der Waals surface area contributed by atoms with Crippen molar-refractivity contribution < 1.29 is 140 Å². The van der Waals surface area contributed by atoms with Crippen LogP contribution in [-0.2, 0) is 131 Å². The number of hydrogen-bond donors (Lipinski definition) is 1. The number of rotatable bonds is 4. The first-order chi connectivity index (χ1) is 9.70. The fourth-order valence-electron chi connectivity index (χ4n) is 1.58. The molecule has 1 aromatic heterocycles. The molecule has 1 amide bonds.